The van der Waals surface area contributed by atoms with Crippen LogP contribution >= 0.6 is 12.4 Å². The monoisotopic (exact) mass is 347 g/mol. The lowest BCUT2D eigenvalue weighted by Crippen LogP contribution is -2.27. The molecule has 0 bridgehead atoms. The van der Waals surface area contributed by atoms with Gasteiger partial charge in [-0.15, -0.1) is 12.4 Å². The lowest BCUT2D eigenvalue weighted by Gasteiger charge is -2.21. The van der Waals surface area contributed by atoms with E-state index in [0.29, 0.717) is 6.04 Å². The number of hydrogen-bond acceptors (Lipinski definition) is 3. The largest absolute Gasteiger partial charge is 0.497 e. The van der Waals surface area contributed by atoms with Gasteiger partial charge in [0.25, 0.3) is 0 Å². The van der Waals surface area contributed by atoms with Crippen LogP contribution < -0.4 is 15.2 Å². The number of para-hydroxylation sites is 1. The van der Waals surface area contributed by atoms with Crippen molar-refractivity contribution in [2.75, 3.05) is 13.7 Å². The van der Waals surface area contributed by atoms with E-state index in [9.17, 15) is 0 Å². The van der Waals surface area contributed by atoms with Crippen LogP contribution in [0.5, 0.6) is 11.5 Å². The zero-order chi connectivity index (χ0) is 16.1. The van der Waals surface area contributed by atoms with Crippen molar-refractivity contribution in [3.63, 3.8) is 0 Å². The fourth-order valence-corrected chi connectivity index (χ4v) is 3.18. The van der Waals surface area contributed by atoms with Crippen molar-refractivity contribution in [2.24, 2.45) is 5.73 Å². The molecule has 0 spiro atoms. The number of aryl methyl sites for hydroxylation is 2. The molecule has 0 aromatic heterocycles. The molecular formula is C20H26ClNO2. The molecule has 24 heavy (non-hydrogen) atoms. The number of nitrogens with two attached hydrogens (primary N) is 1. The average Bonchev–Trinajstić information content (AvgIpc) is 2.62. The lowest BCUT2D eigenvalue weighted by atomic mass is 9.89. The van der Waals surface area contributed by atoms with Gasteiger partial charge in [-0.25, -0.2) is 0 Å². The third-order valence-corrected chi connectivity index (χ3v) is 4.50. The second-order valence-electron chi connectivity index (χ2n) is 6.20. The molecule has 0 radical (unpaired) electrons. The minimum atomic E-state index is 0. The first-order chi connectivity index (χ1) is 11.3. The maximum absolute atomic E-state index is 5.89. The molecule has 2 aliphatic rings. The van der Waals surface area contributed by atoms with Crippen LogP contribution in [-0.4, -0.2) is 19.8 Å². The highest BCUT2D eigenvalue weighted by Crippen LogP contribution is 2.25. The van der Waals surface area contributed by atoms with Crippen LogP contribution in [0.4, 0.5) is 0 Å². The van der Waals surface area contributed by atoms with E-state index in [0.717, 1.165) is 43.8 Å². The normalized spacial score (nSPS) is 17.8. The summed E-state index contributed by atoms with van der Waals surface area (Å²) in [6.07, 6.45) is 5.54. The van der Waals surface area contributed by atoms with Crippen LogP contribution in [0.15, 0.2) is 42.5 Å². The first-order valence-electron chi connectivity index (χ1n) is 8.38. The van der Waals surface area contributed by atoms with E-state index in [1.165, 1.54) is 23.1 Å². The predicted molar refractivity (Wildman–Crippen MR) is 101 cm³/mol. The van der Waals surface area contributed by atoms with Gasteiger partial charge in [-0.3, -0.25) is 0 Å². The lowest BCUT2D eigenvalue weighted by molar-refractivity contribution is 0.288. The highest BCUT2D eigenvalue weighted by molar-refractivity contribution is 5.85. The summed E-state index contributed by atoms with van der Waals surface area (Å²) < 4.78 is 10.6. The van der Waals surface area contributed by atoms with E-state index in [2.05, 4.69) is 24.3 Å². The summed E-state index contributed by atoms with van der Waals surface area (Å²) in [5.41, 5.74) is 10.0. The molecule has 2 aromatic rings. The topological polar surface area (TPSA) is 44.5 Å². The number of benzene rings is 2. The standard InChI is InChI=1S/C11H15NO.C9H10O.ClH/c1-13-11-5-3-8-6-10(12)4-2-9(8)7-11;1-2-6-9-8(4-1)5-3-7-10-9;/h3,5,7,10H,2,4,6,12H2,1H3;1-2,4,6H,3,5,7H2;1H. The van der Waals surface area contributed by atoms with Crippen LogP contribution in [0.3, 0.4) is 0 Å². The van der Waals surface area contributed by atoms with E-state index < -0.39 is 0 Å². The Morgan fingerprint density at radius 3 is 2.67 bits per heavy atom. The van der Waals surface area contributed by atoms with Crippen molar-refractivity contribution in [3.05, 3.63) is 59.2 Å². The number of rotatable bonds is 1. The van der Waals surface area contributed by atoms with Crippen LogP contribution in [0.1, 0.15) is 29.5 Å². The molecule has 0 saturated heterocycles. The number of methoxy groups -OCH3 is 1. The van der Waals surface area contributed by atoms with Gasteiger partial charge in [0.2, 0.25) is 0 Å². The zero-order valence-corrected chi connectivity index (χ0v) is 15.0. The number of fused-ring (bicyclic) bond motifs is 2. The Bertz CT molecular complexity index is 635. The fourth-order valence-electron chi connectivity index (χ4n) is 3.18. The molecule has 3 nitrogen and oxygen atoms in total. The number of halogens is 1. The van der Waals surface area contributed by atoms with Crippen molar-refractivity contribution < 1.29 is 9.47 Å². The Labute approximate surface area is 150 Å². The first kappa shape index (κ1) is 18.6. The second kappa shape index (κ2) is 8.95. The van der Waals surface area contributed by atoms with Crippen molar-refractivity contribution in [1.29, 1.82) is 0 Å². The van der Waals surface area contributed by atoms with Crippen molar-refractivity contribution in [1.82, 2.24) is 0 Å². The van der Waals surface area contributed by atoms with E-state index in [4.69, 9.17) is 15.2 Å². The molecule has 2 N–H and O–H groups in total. The molecule has 0 amide bonds. The van der Waals surface area contributed by atoms with Gasteiger partial charge >= 0.3 is 0 Å². The number of hydrogen-bond donors (Lipinski definition) is 1. The maximum atomic E-state index is 5.89. The van der Waals surface area contributed by atoms with Gasteiger partial charge in [-0.1, -0.05) is 24.3 Å². The maximum Gasteiger partial charge on any atom is 0.122 e. The minimum absolute atomic E-state index is 0. The molecule has 0 saturated carbocycles. The Kier molecular flexibility index (Phi) is 6.95. The summed E-state index contributed by atoms with van der Waals surface area (Å²) in [7, 11) is 1.70. The van der Waals surface area contributed by atoms with E-state index in [-0.39, 0.29) is 12.4 Å². The molecule has 0 fully saturated rings. The molecule has 1 unspecified atom stereocenters. The second-order valence-corrected chi connectivity index (χ2v) is 6.20. The van der Waals surface area contributed by atoms with Gasteiger partial charge in [0.1, 0.15) is 11.5 Å². The van der Waals surface area contributed by atoms with Crippen LogP contribution in [-0.2, 0) is 19.3 Å². The molecule has 2 aromatic carbocycles. The SMILES string of the molecule is COc1ccc2c(c1)CCC(N)C2.Cl.c1ccc2c(c1)CCCO2. The summed E-state index contributed by atoms with van der Waals surface area (Å²) in [6.45, 7) is 0.886. The summed E-state index contributed by atoms with van der Waals surface area (Å²) in [6, 6.07) is 14.9. The summed E-state index contributed by atoms with van der Waals surface area (Å²) in [4.78, 5) is 0. The van der Waals surface area contributed by atoms with Crippen molar-refractivity contribution in [3.8, 4) is 11.5 Å². The summed E-state index contributed by atoms with van der Waals surface area (Å²) in [5, 5.41) is 0. The van der Waals surface area contributed by atoms with Crippen LogP contribution in [0, 0.1) is 0 Å². The first-order valence-corrected chi connectivity index (χ1v) is 8.38. The quantitative estimate of drug-likeness (QED) is 0.849. The van der Waals surface area contributed by atoms with Gasteiger partial charge < -0.3 is 15.2 Å². The highest BCUT2D eigenvalue weighted by atomic mass is 35.5. The number of ether oxygens (including phenoxy) is 2. The van der Waals surface area contributed by atoms with Crippen molar-refractivity contribution >= 4 is 12.4 Å². The molecule has 130 valence electrons. The Balaban J connectivity index is 0.000000172. The van der Waals surface area contributed by atoms with Gasteiger partial charge in [-0.05, 0) is 67.0 Å². The Morgan fingerprint density at radius 1 is 1.04 bits per heavy atom. The third kappa shape index (κ3) is 4.65. The van der Waals surface area contributed by atoms with Gasteiger partial charge in [0.15, 0.2) is 0 Å². The molecule has 1 aliphatic carbocycles. The third-order valence-electron chi connectivity index (χ3n) is 4.50. The highest BCUT2D eigenvalue weighted by Gasteiger charge is 2.15. The molecule has 4 heteroatoms. The average molecular weight is 348 g/mol. The van der Waals surface area contributed by atoms with E-state index in [1.807, 2.05) is 18.2 Å². The fraction of sp³-hybridized carbons (Fsp3) is 0.400. The Hall–Kier alpha value is -1.71. The van der Waals surface area contributed by atoms with E-state index >= 15 is 0 Å². The van der Waals surface area contributed by atoms with E-state index in [1.54, 1.807) is 7.11 Å². The summed E-state index contributed by atoms with van der Waals surface area (Å²) in [5.74, 6) is 2.03. The van der Waals surface area contributed by atoms with Gasteiger partial charge in [0.05, 0.1) is 13.7 Å². The molecule has 4 rings (SSSR count). The van der Waals surface area contributed by atoms with Crippen LogP contribution in [0.2, 0.25) is 0 Å². The zero-order valence-electron chi connectivity index (χ0n) is 14.2. The van der Waals surface area contributed by atoms with Crippen molar-refractivity contribution in [2.45, 2.75) is 38.1 Å². The Morgan fingerprint density at radius 2 is 1.88 bits per heavy atom. The van der Waals surface area contributed by atoms with Gasteiger partial charge in [0, 0.05) is 6.04 Å². The van der Waals surface area contributed by atoms with Crippen LogP contribution in [0.25, 0.3) is 0 Å². The predicted octanol–water partition coefficient (Wildman–Crippen LogP) is 3.94. The van der Waals surface area contributed by atoms with Gasteiger partial charge in [-0.2, -0.15) is 0 Å². The minimum Gasteiger partial charge on any atom is -0.497 e. The molecular weight excluding hydrogens is 322 g/mol. The summed E-state index contributed by atoms with van der Waals surface area (Å²) >= 11 is 0. The molecule has 1 heterocycles. The smallest absolute Gasteiger partial charge is 0.122 e. The molecule has 1 aliphatic heterocycles. The molecule has 1 atom stereocenters.